The normalized spacial score (nSPS) is 11.7. The Labute approximate surface area is 255 Å². The molecular weight excluding hydrogens is 562 g/mol. The minimum absolute atomic E-state index is 0.0963. The van der Waals surface area contributed by atoms with Gasteiger partial charge in [0.2, 0.25) is 5.91 Å². The number of aryl methyl sites for hydroxylation is 1. The first kappa shape index (κ1) is 30.9. The second-order valence-corrected chi connectivity index (χ2v) is 11.0. The molecule has 0 aliphatic rings. The van der Waals surface area contributed by atoms with Crippen LogP contribution in [0.15, 0.2) is 108 Å². The van der Waals surface area contributed by atoms with Crippen molar-refractivity contribution in [2.24, 2.45) is 0 Å². The Morgan fingerprint density at radius 1 is 0.767 bits per heavy atom. The van der Waals surface area contributed by atoms with Crippen molar-refractivity contribution in [3.05, 3.63) is 119 Å². The van der Waals surface area contributed by atoms with Gasteiger partial charge in [0.15, 0.2) is 0 Å². The van der Waals surface area contributed by atoms with E-state index in [0.717, 1.165) is 16.0 Å². The first-order valence-electron chi connectivity index (χ1n) is 13.5. The number of ether oxygens (including phenoxy) is 2. The van der Waals surface area contributed by atoms with Crippen LogP contribution in [-0.4, -0.2) is 37.2 Å². The molecule has 220 valence electrons. The number of anilines is 2. The summed E-state index contributed by atoms with van der Waals surface area (Å²) in [5.74, 6) is 0.0447. The molecule has 3 N–H and O–H groups in total. The highest BCUT2D eigenvalue weighted by atomic mass is 32.2. The zero-order chi connectivity index (χ0) is 30.8. The number of hydrogen-bond donors (Lipinski definition) is 3. The molecule has 4 aromatic carbocycles. The fourth-order valence-electron chi connectivity index (χ4n) is 4.10. The summed E-state index contributed by atoms with van der Waals surface area (Å²) < 4.78 is 10.6. The summed E-state index contributed by atoms with van der Waals surface area (Å²) in [5.41, 5.74) is 3.40. The summed E-state index contributed by atoms with van der Waals surface area (Å²) in [6, 6.07) is 28.7. The van der Waals surface area contributed by atoms with Crippen LogP contribution < -0.4 is 25.4 Å². The first-order chi connectivity index (χ1) is 20.7. The van der Waals surface area contributed by atoms with Gasteiger partial charge in [0.1, 0.15) is 17.2 Å². The maximum absolute atomic E-state index is 13.4. The first-order valence-corrected chi connectivity index (χ1v) is 14.4. The molecule has 0 aromatic heterocycles. The molecular formula is C34H33N3O5S. The minimum Gasteiger partial charge on any atom is -0.497 e. The lowest BCUT2D eigenvalue weighted by atomic mass is 10.1. The summed E-state index contributed by atoms with van der Waals surface area (Å²) in [7, 11) is 3.09. The number of methoxy groups -OCH3 is 2. The molecule has 9 heteroatoms. The summed E-state index contributed by atoms with van der Waals surface area (Å²) in [6.07, 6.45) is 1.64. The van der Waals surface area contributed by atoms with Crippen LogP contribution in [0, 0.1) is 6.92 Å². The van der Waals surface area contributed by atoms with Gasteiger partial charge in [-0.2, -0.15) is 0 Å². The van der Waals surface area contributed by atoms with Gasteiger partial charge in [-0.05, 0) is 55.8 Å². The van der Waals surface area contributed by atoms with Gasteiger partial charge in [-0.1, -0.05) is 54.1 Å². The van der Waals surface area contributed by atoms with Crippen LogP contribution in [0.1, 0.15) is 28.4 Å². The molecule has 4 rings (SSSR count). The minimum atomic E-state index is -0.481. The van der Waals surface area contributed by atoms with Crippen molar-refractivity contribution in [2.45, 2.75) is 24.0 Å². The molecule has 0 spiro atoms. The molecule has 0 heterocycles. The Hall–Kier alpha value is -5.02. The predicted octanol–water partition coefficient (Wildman–Crippen LogP) is 6.54. The molecule has 3 amide bonds. The Bertz CT molecular complexity index is 1620. The number of rotatable bonds is 11. The van der Waals surface area contributed by atoms with Crippen molar-refractivity contribution in [1.29, 1.82) is 0 Å². The average Bonchev–Trinajstić information content (AvgIpc) is 3.01. The number of thioether (sulfide) groups is 1. The van der Waals surface area contributed by atoms with E-state index < -0.39 is 17.1 Å². The van der Waals surface area contributed by atoms with Crippen LogP contribution in [0.2, 0.25) is 0 Å². The van der Waals surface area contributed by atoms with Gasteiger partial charge in [0.25, 0.3) is 11.8 Å². The summed E-state index contributed by atoms with van der Waals surface area (Å²) in [6.45, 7) is 3.75. The molecule has 0 aliphatic carbocycles. The molecule has 0 aliphatic heterocycles. The van der Waals surface area contributed by atoms with E-state index >= 15 is 0 Å². The van der Waals surface area contributed by atoms with Crippen LogP contribution in [0.5, 0.6) is 11.5 Å². The van der Waals surface area contributed by atoms with Crippen molar-refractivity contribution >= 4 is 46.9 Å². The van der Waals surface area contributed by atoms with E-state index in [1.54, 1.807) is 87.9 Å². The van der Waals surface area contributed by atoms with E-state index in [1.165, 1.54) is 11.8 Å². The summed E-state index contributed by atoms with van der Waals surface area (Å²) >= 11 is 1.34. The number of carbonyl (C=O) groups is 3. The second-order valence-electron chi connectivity index (χ2n) is 9.62. The Morgan fingerprint density at radius 3 is 2.14 bits per heavy atom. The Balaban J connectivity index is 1.47. The molecule has 0 saturated heterocycles. The molecule has 0 fully saturated rings. The summed E-state index contributed by atoms with van der Waals surface area (Å²) in [5, 5.41) is 8.08. The molecule has 0 bridgehead atoms. The van der Waals surface area contributed by atoms with Gasteiger partial charge in [-0.15, -0.1) is 11.8 Å². The molecule has 43 heavy (non-hydrogen) atoms. The van der Waals surface area contributed by atoms with Gasteiger partial charge in [0.05, 0.1) is 19.5 Å². The van der Waals surface area contributed by atoms with E-state index in [1.807, 2.05) is 43.3 Å². The van der Waals surface area contributed by atoms with E-state index in [4.69, 9.17) is 9.47 Å². The van der Waals surface area contributed by atoms with Crippen LogP contribution in [0.25, 0.3) is 6.08 Å². The zero-order valence-corrected chi connectivity index (χ0v) is 25.2. The number of hydrogen-bond acceptors (Lipinski definition) is 6. The van der Waals surface area contributed by atoms with E-state index in [-0.39, 0.29) is 11.6 Å². The predicted molar refractivity (Wildman–Crippen MR) is 172 cm³/mol. The zero-order valence-electron chi connectivity index (χ0n) is 24.3. The lowest BCUT2D eigenvalue weighted by molar-refractivity contribution is -0.115. The van der Waals surface area contributed by atoms with Gasteiger partial charge in [0, 0.05) is 40.0 Å². The number of carbonyl (C=O) groups excluding carboxylic acids is 3. The number of nitrogens with one attached hydrogen (secondary N) is 3. The van der Waals surface area contributed by atoms with Crippen molar-refractivity contribution in [3.8, 4) is 11.5 Å². The molecule has 0 radical (unpaired) electrons. The molecule has 0 saturated carbocycles. The van der Waals surface area contributed by atoms with Gasteiger partial charge in [-0.3, -0.25) is 14.4 Å². The molecule has 1 unspecified atom stereocenters. The van der Waals surface area contributed by atoms with E-state index in [2.05, 4.69) is 16.0 Å². The topological polar surface area (TPSA) is 106 Å². The third-order valence-corrected chi connectivity index (χ3v) is 7.37. The third kappa shape index (κ3) is 8.98. The number of benzene rings is 4. The smallest absolute Gasteiger partial charge is 0.272 e. The number of amides is 3. The van der Waals surface area contributed by atoms with Crippen molar-refractivity contribution in [1.82, 2.24) is 5.32 Å². The summed E-state index contributed by atoms with van der Waals surface area (Å²) in [4.78, 5) is 40.1. The van der Waals surface area contributed by atoms with E-state index in [0.29, 0.717) is 28.4 Å². The average molecular weight is 596 g/mol. The van der Waals surface area contributed by atoms with Crippen LogP contribution in [0.4, 0.5) is 11.4 Å². The highest BCUT2D eigenvalue weighted by molar-refractivity contribution is 8.00. The second kappa shape index (κ2) is 14.7. The van der Waals surface area contributed by atoms with Gasteiger partial charge < -0.3 is 25.4 Å². The largest absolute Gasteiger partial charge is 0.497 e. The quantitative estimate of drug-likeness (QED) is 0.134. The van der Waals surface area contributed by atoms with Crippen LogP contribution in [0.3, 0.4) is 0 Å². The molecule has 4 aromatic rings. The molecule has 1 atom stereocenters. The van der Waals surface area contributed by atoms with E-state index in [9.17, 15) is 14.4 Å². The van der Waals surface area contributed by atoms with Gasteiger partial charge >= 0.3 is 0 Å². The third-order valence-electron chi connectivity index (χ3n) is 6.27. The van der Waals surface area contributed by atoms with Crippen molar-refractivity contribution < 1.29 is 23.9 Å². The van der Waals surface area contributed by atoms with Gasteiger partial charge in [-0.25, -0.2) is 0 Å². The van der Waals surface area contributed by atoms with Crippen molar-refractivity contribution in [3.63, 3.8) is 0 Å². The lowest BCUT2D eigenvalue weighted by Crippen LogP contribution is -2.30. The fourth-order valence-corrected chi connectivity index (χ4v) is 5.02. The highest BCUT2D eigenvalue weighted by Crippen LogP contribution is 2.29. The molecule has 8 nitrogen and oxygen atoms in total. The van der Waals surface area contributed by atoms with Crippen LogP contribution in [-0.2, 0) is 9.59 Å². The Kier molecular flexibility index (Phi) is 10.6. The monoisotopic (exact) mass is 595 g/mol. The lowest BCUT2D eigenvalue weighted by Gasteiger charge is -2.15. The highest BCUT2D eigenvalue weighted by Gasteiger charge is 2.18. The maximum Gasteiger partial charge on any atom is 0.272 e. The van der Waals surface area contributed by atoms with Crippen molar-refractivity contribution in [2.75, 3.05) is 24.9 Å². The Morgan fingerprint density at radius 2 is 1.47 bits per heavy atom. The fraction of sp³-hybridized carbons (Fsp3) is 0.147. The maximum atomic E-state index is 13.4. The van der Waals surface area contributed by atoms with Crippen LogP contribution >= 0.6 is 11.8 Å². The standard InChI is InChI=1S/C34H33N3O5S/c1-22-10-8-11-24(16-22)17-31(37-33(39)25-12-6-5-7-13-25)34(40)35-26-14-9-15-30(20-26)43-23(2)32(38)36-27-18-28(41-3)21-29(19-27)42-4/h5-21,23H,1-4H3,(H,35,40)(H,36,38)(H,37,39)/b31-17+. The SMILES string of the molecule is COc1cc(NC(=O)C(C)Sc2cccc(NC(=O)/C(=C\c3cccc(C)c3)NC(=O)c3ccccc3)c2)cc(OC)c1.